The molecule has 35 heavy (non-hydrogen) atoms. The van der Waals surface area contributed by atoms with Gasteiger partial charge < -0.3 is 5.32 Å². The first kappa shape index (κ1) is 23.1. The number of aryl methyl sites for hydroxylation is 2. The lowest BCUT2D eigenvalue weighted by atomic mass is 9.82. The van der Waals surface area contributed by atoms with Crippen LogP contribution in [-0.2, 0) is 17.6 Å². The normalized spacial score (nSPS) is 15.7. The van der Waals surface area contributed by atoms with Crippen molar-refractivity contribution in [3.63, 3.8) is 0 Å². The van der Waals surface area contributed by atoms with Crippen LogP contribution in [0.2, 0.25) is 0 Å². The summed E-state index contributed by atoms with van der Waals surface area (Å²) in [7, 11) is 0. The van der Waals surface area contributed by atoms with Crippen molar-refractivity contribution >= 4 is 34.3 Å². The zero-order valence-electron chi connectivity index (χ0n) is 19.8. The van der Waals surface area contributed by atoms with Gasteiger partial charge in [-0.3, -0.25) is 9.78 Å². The van der Waals surface area contributed by atoms with Crippen LogP contribution in [0.25, 0.3) is 10.9 Å². The van der Waals surface area contributed by atoms with Gasteiger partial charge in [-0.1, -0.05) is 60.3 Å². The number of hydrogen-bond acceptors (Lipinski definition) is 5. The summed E-state index contributed by atoms with van der Waals surface area (Å²) in [5, 5.41) is 14.0. The van der Waals surface area contributed by atoms with E-state index in [1.165, 1.54) is 17.3 Å². The molecule has 2 heterocycles. The Morgan fingerprint density at radius 3 is 2.69 bits per heavy atom. The van der Waals surface area contributed by atoms with Gasteiger partial charge in [-0.05, 0) is 68.4 Å². The highest BCUT2D eigenvalue weighted by molar-refractivity contribution is 8.00. The number of hydrogen-bond donors (Lipinski definition) is 1. The molecule has 0 bridgehead atoms. The SMILES string of the molecule is Cc1cc(NC(=O)C(C)Sc2nc3c(cc2C#N)CC(c2ccccc2)CC3)c2ccccc2n1. The molecular weight excluding hydrogens is 452 g/mol. The van der Waals surface area contributed by atoms with E-state index < -0.39 is 5.25 Å². The summed E-state index contributed by atoms with van der Waals surface area (Å²) >= 11 is 1.34. The van der Waals surface area contributed by atoms with Crippen LogP contribution in [0.15, 0.2) is 71.8 Å². The van der Waals surface area contributed by atoms with Gasteiger partial charge >= 0.3 is 0 Å². The van der Waals surface area contributed by atoms with E-state index >= 15 is 0 Å². The van der Waals surface area contributed by atoms with E-state index in [2.05, 4.69) is 40.6 Å². The smallest absolute Gasteiger partial charge is 0.237 e. The predicted octanol–water partition coefficient (Wildman–Crippen LogP) is 6.20. The molecule has 0 radical (unpaired) electrons. The van der Waals surface area contributed by atoms with E-state index in [1.54, 1.807) is 0 Å². The first-order valence-corrected chi connectivity index (χ1v) is 12.7. The maximum absolute atomic E-state index is 13.1. The lowest BCUT2D eigenvalue weighted by Gasteiger charge is -2.25. The second-order valence-corrected chi connectivity index (χ2v) is 10.3. The molecule has 2 aromatic carbocycles. The number of fused-ring (bicyclic) bond motifs is 2. The van der Waals surface area contributed by atoms with Gasteiger partial charge in [-0.25, -0.2) is 4.98 Å². The zero-order chi connectivity index (χ0) is 24.4. The number of thioether (sulfide) groups is 1. The Hall–Kier alpha value is -3.69. The molecule has 0 aliphatic heterocycles. The van der Waals surface area contributed by atoms with Crippen LogP contribution in [-0.4, -0.2) is 21.1 Å². The Morgan fingerprint density at radius 1 is 1.11 bits per heavy atom. The Morgan fingerprint density at radius 2 is 1.89 bits per heavy atom. The summed E-state index contributed by atoms with van der Waals surface area (Å²) in [4.78, 5) is 22.5. The van der Waals surface area contributed by atoms with Crippen LogP contribution >= 0.6 is 11.8 Å². The van der Waals surface area contributed by atoms with Crippen molar-refractivity contribution in [3.8, 4) is 6.07 Å². The van der Waals surface area contributed by atoms with E-state index in [0.717, 1.165) is 52.8 Å². The fourth-order valence-corrected chi connectivity index (χ4v) is 5.59. The first-order valence-electron chi connectivity index (χ1n) is 11.8. The molecule has 1 aliphatic rings. The number of pyridine rings is 2. The summed E-state index contributed by atoms with van der Waals surface area (Å²) in [6, 6.07) is 24.5. The number of carbonyl (C=O) groups is 1. The summed E-state index contributed by atoms with van der Waals surface area (Å²) in [5.41, 5.74) is 6.49. The van der Waals surface area contributed by atoms with Gasteiger partial charge in [0.25, 0.3) is 0 Å². The Balaban J connectivity index is 1.34. The Bertz CT molecular complexity index is 1440. The second-order valence-electron chi connectivity index (χ2n) is 8.99. The summed E-state index contributed by atoms with van der Waals surface area (Å²) in [5.74, 6) is 0.317. The van der Waals surface area contributed by atoms with Crippen molar-refractivity contribution in [2.75, 3.05) is 5.32 Å². The molecule has 2 unspecified atom stereocenters. The standard InChI is InChI=1S/C29H26N4OS/c1-18-14-27(24-10-6-7-11-26(24)31-18)32-28(34)19(2)35-29-23(17-30)16-22-15-21(12-13-25(22)33-29)20-8-4-3-5-9-20/h3-11,14,16,19,21H,12-13,15H2,1-2H3,(H,31,32,34). The number of carbonyl (C=O) groups excluding carboxylic acids is 1. The minimum absolute atomic E-state index is 0.127. The van der Waals surface area contributed by atoms with Gasteiger partial charge in [0.1, 0.15) is 11.1 Å². The van der Waals surface area contributed by atoms with Gasteiger partial charge in [0.05, 0.1) is 22.0 Å². The largest absolute Gasteiger partial charge is 0.324 e. The van der Waals surface area contributed by atoms with Crippen molar-refractivity contribution in [3.05, 3.63) is 94.8 Å². The molecule has 2 atom stereocenters. The van der Waals surface area contributed by atoms with E-state index in [-0.39, 0.29) is 5.91 Å². The first-order chi connectivity index (χ1) is 17.0. The number of aromatic nitrogens is 2. The monoisotopic (exact) mass is 478 g/mol. The average molecular weight is 479 g/mol. The number of para-hydroxylation sites is 1. The third-order valence-corrected chi connectivity index (χ3v) is 7.61. The summed E-state index contributed by atoms with van der Waals surface area (Å²) < 4.78 is 0. The molecule has 1 aliphatic carbocycles. The topological polar surface area (TPSA) is 78.7 Å². The highest BCUT2D eigenvalue weighted by atomic mass is 32.2. The van der Waals surface area contributed by atoms with Crippen LogP contribution in [0.3, 0.4) is 0 Å². The summed E-state index contributed by atoms with van der Waals surface area (Å²) in [6.07, 6.45) is 2.79. The molecule has 6 heteroatoms. The molecule has 1 N–H and O–H groups in total. The van der Waals surface area contributed by atoms with Crippen molar-refractivity contribution < 1.29 is 4.79 Å². The molecular formula is C29H26N4OS. The molecule has 0 saturated carbocycles. The maximum atomic E-state index is 13.1. The van der Waals surface area contributed by atoms with E-state index in [1.807, 2.05) is 56.3 Å². The number of anilines is 1. The van der Waals surface area contributed by atoms with Crippen LogP contribution < -0.4 is 5.32 Å². The number of nitrogens with zero attached hydrogens (tertiary/aromatic N) is 3. The van der Waals surface area contributed by atoms with E-state index in [4.69, 9.17) is 4.98 Å². The molecule has 0 spiro atoms. The van der Waals surface area contributed by atoms with Crippen LogP contribution in [0.1, 0.15) is 47.3 Å². The third-order valence-electron chi connectivity index (χ3n) is 6.50. The number of rotatable bonds is 5. The van der Waals surface area contributed by atoms with Gasteiger partial charge in [-0.2, -0.15) is 5.26 Å². The van der Waals surface area contributed by atoms with Crippen molar-refractivity contribution in [2.24, 2.45) is 0 Å². The number of nitrogens with one attached hydrogen (secondary N) is 1. The Kier molecular flexibility index (Phi) is 6.52. The lowest BCUT2D eigenvalue weighted by Crippen LogP contribution is -2.23. The quantitative estimate of drug-likeness (QED) is 0.345. The second kappa shape index (κ2) is 9.89. The Labute approximate surface area is 209 Å². The van der Waals surface area contributed by atoms with Gasteiger partial charge in [0, 0.05) is 16.8 Å². The zero-order valence-corrected chi connectivity index (χ0v) is 20.6. The van der Waals surface area contributed by atoms with Crippen LogP contribution in [0.4, 0.5) is 5.69 Å². The minimum atomic E-state index is -0.416. The predicted molar refractivity (Wildman–Crippen MR) is 141 cm³/mol. The number of nitriles is 1. The average Bonchev–Trinajstić information content (AvgIpc) is 2.88. The number of amides is 1. The molecule has 174 valence electrons. The van der Waals surface area contributed by atoms with Gasteiger partial charge in [-0.15, -0.1) is 0 Å². The van der Waals surface area contributed by atoms with Crippen LogP contribution in [0.5, 0.6) is 0 Å². The molecule has 5 nitrogen and oxygen atoms in total. The van der Waals surface area contributed by atoms with E-state index in [9.17, 15) is 10.1 Å². The minimum Gasteiger partial charge on any atom is -0.324 e. The van der Waals surface area contributed by atoms with Crippen molar-refractivity contribution in [2.45, 2.75) is 49.3 Å². The summed E-state index contributed by atoms with van der Waals surface area (Å²) in [6.45, 7) is 3.77. The fourth-order valence-electron chi connectivity index (χ4n) is 4.69. The molecule has 1 amide bonds. The highest BCUT2D eigenvalue weighted by Gasteiger charge is 2.25. The molecule has 5 rings (SSSR count). The van der Waals surface area contributed by atoms with Gasteiger partial charge in [0.2, 0.25) is 5.91 Å². The van der Waals surface area contributed by atoms with Gasteiger partial charge in [0.15, 0.2) is 0 Å². The molecule has 2 aromatic heterocycles. The van der Waals surface area contributed by atoms with Crippen LogP contribution in [0, 0.1) is 18.3 Å². The molecule has 4 aromatic rings. The number of benzene rings is 2. The lowest BCUT2D eigenvalue weighted by molar-refractivity contribution is -0.115. The fraction of sp³-hybridized carbons (Fsp3) is 0.241. The third kappa shape index (κ3) is 4.91. The van der Waals surface area contributed by atoms with E-state index in [0.29, 0.717) is 16.5 Å². The molecule has 0 saturated heterocycles. The van der Waals surface area contributed by atoms with Crippen molar-refractivity contribution in [1.82, 2.24) is 9.97 Å². The molecule has 0 fully saturated rings. The van der Waals surface area contributed by atoms with Crippen molar-refractivity contribution in [1.29, 1.82) is 5.26 Å². The maximum Gasteiger partial charge on any atom is 0.237 e. The highest BCUT2D eigenvalue weighted by Crippen LogP contribution is 2.35.